The molecule has 2 aromatic rings. The molecule has 1 atom stereocenters. The van der Waals surface area contributed by atoms with Crippen LogP contribution < -0.4 is 5.32 Å². The second-order valence-corrected chi connectivity index (χ2v) is 7.59. The van der Waals surface area contributed by atoms with Crippen molar-refractivity contribution in [3.63, 3.8) is 0 Å². The highest BCUT2D eigenvalue weighted by molar-refractivity contribution is 5.79. The van der Waals surface area contributed by atoms with Crippen LogP contribution in [0.1, 0.15) is 40.3 Å². The molecule has 0 spiro atoms. The molecule has 4 rings (SSSR count). The minimum atomic E-state index is 0.189. The Bertz CT molecular complexity index is 823. The standard InChI is InChI=1S/C21H26N4O/c1-13-14(2)24-20(15(3)23-13)11-22-18-10-21(26)25(12-18)19-8-16-6-4-5-7-17(16)9-19/h4-7,18-19,22H,8-12H2,1-3H3. The molecule has 1 aromatic heterocycles. The van der Waals surface area contributed by atoms with E-state index in [1.54, 1.807) is 0 Å². The van der Waals surface area contributed by atoms with Crippen molar-refractivity contribution in [2.75, 3.05) is 6.54 Å². The summed E-state index contributed by atoms with van der Waals surface area (Å²) in [5, 5.41) is 3.53. The predicted octanol–water partition coefficient (Wildman–Crippen LogP) is 2.26. The molecule has 1 saturated heterocycles. The minimum absolute atomic E-state index is 0.189. The number of rotatable bonds is 4. The van der Waals surface area contributed by atoms with Crippen LogP contribution in [0.5, 0.6) is 0 Å². The maximum atomic E-state index is 12.6. The minimum Gasteiger partial charge on any atom is -0.337 e. The van der Waals surface area contributed by atoms with Crippen LogP contribution in [-0.4, -0.2) is 39.4 Å². The van der Waals surface area contributed by atoms with E-state index in [-0.39, 0.29) is 11.9 Å². The van der Waals surface area contributed by atoms with Gasteiger partial charge in [-0.3, -0.25) is 14.8 Å². The maximum Gasteiger partial charge on any atom is 0.224 e. The molecule has 1 aliphatic heterocycles. The summed E-state index contributed by atoms with van der Waals surface area (Å²) in [7, 11) is 0. The van der Waals surface area contributed by atoms with Gasteiger partial charge in [-0.15, -0.1) is 0 Å². The number of nitrogens with zero attached hydrogens (tertiary/aromatic N) is 3. The normalized spacial score (nSPS) is 20.0. The second-order valence-electron chi connectivity index (χ2n) is 7.59. The van der Waals surface area contributed by atoms with Crippen LogP contribution in [0.3, 0.4) is 0 Å². The van der Waals surface area contributed by atoms with Gasteiger partial charge in [0.05, 0.1) is 22.8 Å². The van der Waals surface area contributed by atoms with E-state index in [1.165, 1.54) is 11.1 Å². The number of fused-ring (bicyclic) bond motifs is 1. The largest absolute Gasteiger partial charge is 0.337 e. The fraction of sp³-hybridized carbons (Fsp3) is 0.476. The van der Waals surface area contributed by atoms with Crippen molar-refractivity contribution in [3.05, 3.63) is 58.2 Å². The summed E-state index contributed by atoms with van der Waals surface area (Å²) in [6.45, 7) is 7.42. The summed E-state index contributed by atoms with van der Waals surface area (Å²) in [6.07, 6.45) is 2.54. The van der Waals surface area contributed by atoms with Crippen LogP contribution in [0, 0.1) is 20.8 Å². The lowest BCUT2D eigenvalue weighted by Gasteiger charge is -2.24. The average Bonchev–Trinajstić information content (AvgIpc) is 3.19. The van der Waals surface area contributed by atoms with Gasteiger partial charge in [0.25, 0.3) is 0 Å². The number of likely N-dealkylation sites (tertiary alicyclic amines) is 1. The monoisotopic (exact) mass is 350 g/mol. The van der Waals surface area contributed by atoms with E-state index in [9.17, 15) is 4.79 Å². The zero-order chi connectivity index (χ0) is 18.3. The summed E-state index contributed by atoms with van der Waals surface area (Å²) in [5.41, 5.74) is 6.68. The molecule has 2 heterocycles. The average molecular weight is 350 g/mol. The van der Waals surface area contributed by atoms with Crippen LogP contribution >= 0.6 is 0 Å². The molecule has 1 fully saturated rings. The molecular formula is C21H26N4O. The van der Waals surface area contributed by atoms with Crippen molar-refractivity contribution in [1.82, 2.24) is 20.2 Å². The number of hydrogen-bond donors (Lipinski definition) is 1. The summed E-state index contributed by atoms with van der Waals surface area (Å²) < 4.78 is 0. The Labute approximate surface area is 154 Å². The van der Waals surface area contributed by atoms with Crippen molar-refractivity contribution >= 4 is 5.91 Å². The van der Waals surface area contributed by atoms with Crippen LogP contribution in [-0.2, 0) is 24.2 Å². The second kappa shape index (κ2) is 6.80. The smallest absolute Gasteiger partial charge is 0.224 e. The van der Waals surface area contributed by atoms with Crippen molar-refractivity contribution < 1.29 is 4.79 Å². The van der Waals surface area contributed by atoms with Gasteiger partial charge in [0.2, 0.25) is 5.91 Å². The summed E-state index contributed by atoms with van der Waals surface area (Å²) in [5.74, 6) is 0.267. The van der Waals surface area contributed by atoms with Crippen molar-refractivity contribution in [2.24, 2.45) is 0 Å². The highest BCUT2D eigenvalue weighted by atomic mass is 16.2. The number of aromatic nitrogens is 2. The molecule has 0 bridgehead atoms. The number of hydrogen-bond acceptors (Lipinski definition) is 4. The van der Waals surface area contributed by atoms with E-state index in [0.717, 1.165) is 42.2 Å². The van der Waals surface area contributed by atoms with Gasteiger partial charge in [-0.2, -0.15) is 0 Å². The fourth-order valence-electron chi connectivity index (χ4n) is 4.15. The fourth-order valence-corrected chi connectivity index (χ4v) is 4.15. The van der Waals surface area contributed by atoms with Gasteiger partial charge in [0.15, 0.2) is 0 Å². The third-order valence-electron chi connectivity index (χ3n) is 5.77. The molecule has 26 heavy (non-hydrogen) atoms. The lowest BCUT2D eigenvalue weighted by atomic mass is 10.1. The molecule has 0 radical (unpaired) electrons. The zero-order valence-corrected chi connectivity index (χ0v) is 15.7. The molecule has 1 aliphatic carbocycles. The lowest BCUT2D eigenvalue weighted by molar-refractivity contribution is -0.129. The Hall–Kier alpha value is -2.27. The number of carbonyl (C=O) groups excluding carboxylic acids is 1. The molecule has 1 amide bonds. The van der Waals surface area contributed by atoms with Gasteiger partial charge in [0.1, 0.15) is 0 Å². The number of amides is 1. The summed E-state index contributed by atoms with van der Waals surface area (Å²) in [6, 6.07) is 9.05. The van der Waals surface area contributed by atoms with Crippen LogP contribution in [0.4, 0.5) is 0 Å². The Kier molecular flexibility index (Phi) is 4.49. The Balaban J connectivity index is 1.38. The number of carbonyl (C=O) groups is 1. The topological polar surface area (TPSA) is 58.1 Å². The van der Waals surface area contributed by atoms with E-state index in [0.29, 0.717) is 19.0 Å². The van der Waals surface area contributed by atoms with Crippen LogP contribution in [0.15, 0.2) is 24.3 Å². The van der Waals surface area contributed by atoms with E-state index in [1.807, 2.05) is 20.8 Å². The predicted molar refractivity (Wildman–Crippen MR) is 101 cm³/mol. The van der Waals surface area contributed by atoms with Crippen molar-refractivity contribution in [1.29, 1.82) is 0 Å². The third kappa shape index (κ3) is 3.23. The number of benzene rings is 1. The first-order valence-corrected chi connectivity index (χ1v) is 9.41. The molecule has 1 N–H and O–H groups in total. The van der Waals surface area contributed by atoms with Gasteiger partial charge in [-0.1, -0.05) is 24.3 Å². The first-order valence-electron chi connectivity index (χ1n) is 9.41. The SMILES string of the molecule is Cc1nc(C)c(CNC2CC(=O)N(C3Cc4ccccc4C3)C2)nc1C. The molecule has 136 valence electrons. The summed E-state index contributed by atoms with van der Waals surface area (Å²) in [4.78, 5) is 23.8. The molecule has 1 unspecified atom stereocenters. The van der Waals surface area contributed by atoms with Gasteiger partial charge in [-0.25, -0.2) is 0 Å². The highest BCUT2D eigenvalue weighted by Crippen LogP contribution is 2.28. The van der Waals surface area contributed by atoms with Gasteiger partial charge in [-0.05, 0) is 44.7 Å². The Morgan fingerprint density at radius 3 is 2.35 bits per heavy atom. The van der Waals surface area contributed by atoms with E-state index in [2.05, 4.69) is 44.5 Å². The maximum absolute atomic E-state index is 12.6. The third-order valence-corrected chi connectivity index (χ3v) is 5.77. The molecular weight excluding hydrogens is 324 g/mol. The molecule has 5 heteroatoms. The first kappa shape index (κ1) is 17.2. The van der Waals surface area contributed by atoms with E-state index >= 15 is 0 Å². The summed E-state index contributed by atoms with van der Waals surface area (Å²) >= 11 is 0. The zero-order valence-electron chi connectivity index (χ0n) is 15.7. The number of nitrogens with one attached hydrogen (secondary N) is 1. The van der Waals surface area contributed by atoms with E-state index < -0.39 is 0 Å². The molecule has 2 aliphatic rings. The van der Waals surface area contributed by atoms with Crippen molar-refractivity contribution in [2.45, 2.75) is 58.7 Å². The van der Waals surface area contributed by atoms with Gasteiger partial charge < -0.3 is 10.2 Å². The Morgan fingerprint density at radius 1 is 1.00 bits per heavy atom. The van der Waals surface area contributed by atoms with E-state index in [4.69, 9.17) is 0 Å². The van der Waals surface area contributed by atoms with Crippen molar-refractivity contribution in [3.8, 4) is 0 Å². The van der Waals surface area contributed by atoms with Crippen LogP contribution in [0.2, 0.25) is 0 Å². The molecule has 5 nitrogen and oxygen atoms in total. The van der Waals surface area contributed by atoms with Crippen LogP contribution in [0.25, 0.3) is 0 Å². The first-order chi connectivity index (χ1) is 12.5. The quantitative estimate of drug-likeness (QED) is 0.919. The number of aryl methyl sites for hydroxylation is 3. The Morgan fingerprint density at radius 2 is 1.65 bits per heavy atom. The van der Waals surface area contributed by atoms with Gasteiger partial charge in [0, 0.05) is 31.6 Å². The molecule has 1 aromatic carbocycles. The highest BCUT2D eigenvalue weighted by Gasteiger charge is 2.36. The van der Waals surface area contributed by atoms with Gasteiger partial charge >= 0.3 is 0 Å². The lowest BCUT2D eigenvalue weighted by Crippen LogP contribution is -2.39. The molecule has 0 saturated carbocycles.